The van der Waals surface area contributed by atoms with Gasteiger partial charge in [-0.05, 0) is 58.0 Å². The van der Waals surface area contributed by atoms with Crippen molar-refractivity contribution in [2.45, 2.75) is 37.8 Å². The minimum atomic E-state index is 0.0581. The lowest BCUT2D eigenvalue weighted by Crippen LogP contribution is -2.36. The maximum Gasteiger partial charge on any atom is 0.267 e. The Balaban J connectivity index is 1.53. The Bertz CT molecular complexity index is 474. The minimum absolute atomic E-state index is 0.0581. The van der Waals surface area contributed by atoms with E-state index in [9.17, 15) is 4.79 Å². The molecule has 1 aromatic heterocycles. The van der Waals surface area contributed by atoms with E-state index in [1.165, 1.54) is 12.8 Å². The van der Waals surface area contributed by atoms with Crippen molar-refractivity contribution in [3.63, 3.8) is 0 Å². The molecule has 0 atom stereocenters. The van der Waals surface area contributed by atoms with Crippen molar-refractivity contribution in [3.8, 4) is 0 Å². The number of likely N-dealkylation sites (N-methyl/N-ethyl adjacent to an activating group) is 1. The predicted octanol–water partition coefficient (Wildman–Crippen LogP) is 1.24. The summed E-state index contributed by atoms with van der Waals surface area (Å²) in [6.07, 6.45) is 6.85. The van der Waals surface area contributed by atoms with Crippen LogP contribution in [0.25, 0.3) is 0 Å². The van der Waals surface area contributed by atoms with Crippen LogP contribution in [0.15, 0.2) is 18.3 Å². The van der Waals surface area contributed by atoms with Gasteiger partial charge in [-0.25, -0.2) is 0 Å². The number of nitrogens with zero attached hydrogens (tertiary/aromatic N) is 2. The van der Waals surface area contributed by atoms with Crippen LogP contribution in [0, 0.1) is 0 Å². The molecule has 21 heavy (non-hydrogen) atoms. The first-order chi connectivity index (χ1) is 10.3. The summed E-state index contributed by atoms with van der Waals surface area (Å²) in [7, 11) is 2.14. The van der Waals surface area contributed by atoms with E-state index in [2.05, 4.69) is 27.1 Å². The molecule has 1 aromatic rings. The molecule has 2 aliphatic rings. The van der Waals surface area contributed by atoms with Crippen molar-refractivity contribution in [3.05, 3.63) is 24.0 Å². The van der Waals surface area contributed by atoms with E-state index in [4.69, 9.17) is 0 Å². The van der Waals surface area contributed by atoms with Gasteiger partial charge in [0.1, 0.15) is 5.69 Å². The molecule has 1 aliphatic carbocycles. The number of hydrogen-bond donors (Lipinski definition) is 2. The van der Waals surface area contributed by atoms with Crippen molar-refractivity contribution in [2.75, 3.05) is 33.2 Å². The molecule has 5 heteroatoms. The summed E-state index contributed by atoms with van der Waals surface area (Å²) in [5, 5.41) is 6.43. The quantitative estimate of drug-likeness (QED) is 0.829. The molecule has 0 radical (unpaired) electrons. The lowest BCUT2D eigenvalue weighted by molar-refractivity contribution is 0.0936. The van der Waals surface area contributed by atoms with E-state index >= 15 is 0 Å². The molecule has 5 nitrogen and oxygen atoms in total. The summed E-state index contributed by atoms with van der Waals surface area (Å²) >= 11 is 0. The normalized spacial score (nSPS) is 19.9. The van der Waals surface area contributed by atoms with Gasteiger partial charge in [-0.3, -0.25) is 4.79 Å². The molecule has 1 saturated carbocycles. The standard InChI is InChI=1S/C16H26N4O/c1-19(13-4-5-13)12-10-18-16(21)15-3-2-11-20(15)14-6-8-17-9-7-14/h2-3,11,13-14,17H,4-10,12H2,1H3,(H,18,21). The fourth-order valence-electron chi connectivity index (χ4n) is 3.12. The van der Waals surface area contributed by atoms with Crippen LogP contribution in [0.5, 0.6) is 0 Å². The van der Waals surface area contributed by atoms with Gasteiger partial charge in [-0.1, -0.05) is 0 Å². The number of hydrogen-bond acceptors (Lipinski definition) is 3. The highest BCUT2D eigenvalue weighted by atomic mass is 16.1. The molecule has 2 heterocycles. The zero-order chi connectivity index (χ0) is 14.7. The average Bonchev–Trinajstić information content (AvgIpc) is 3.25. The average molecular weight is 290 g/mol. The molecule has 116 valence electrons. The Hall–Kier alpha value is -1.33. The summed E-state index contributed by atoms with van der Waals surface area (Å²) in [4.78, 5) is 14.7. The number of piperidine rings is 1. The van der Waals surface area contributed by atoms with E-state index in [-0.39, 0.29) is 5.91 Å². The van der Waals surface area contributed by atoms with Gasteiger partial charge in [0.25, 0.3) is 5.91 Å². The molecule has 1 saturated heterocycles. The molecular weight excluding hydrogens is 264 g/mol. The lowest BCUT2D eigenvalue weighted by atomic mass is 10.1. The lowest BCUT2D eigenvalue weighted by Gasteiger charge is -2.26. The largest absolute Gasteiger partial charge is 0.349 e. The molecule has 1 aliphatic heterocycles. The van der Waals surface area contributed by atoms with Crippen molar-refractivity contribution in [1.29, 1.82) is 0 Å². The van der Waals surface area contributed by atoms with Crippen LogP contribution in [0.4, 0.5) is 0 Å². The molecule has 0 unspecified atom stereocenters. The molecular formula is C16H26N4O. The third-order valence-electron chi connectivity index (χ3n) is 4.63. The second-order valence-electron chi connectivity index (χ2n) is 6.25. The van der Waals surface area contributed by atoms with Crippen molar-refractivity contribution in [2.24, 2.45) is 0 Å². The van der Waals surface area contributed by atoms with E-state index in [0.717, 1.165) is 50.8 Å². The van der Waals surface area contributed by atoms with Gasteiger partial charge in [-0.2, -0.15) is 0 Å². The third-order valence-corrected chi connectivity index (χ3v) is 4.63. The smallest absolute Gasteiger partial charge is 0.267 e. The molecule has 0 aromatic carbocycles. The van der Waals surface area contributed by atoms with Crippen molar-refractivity contribution in [1.82, 2.24) is 20.1 Å². The van der Waals surface area contributed by atoms with E-state index in [0.29, 0.717) is 6.04 Å². The number of nitrogens with one attached hydrogen (secondary N) is 2. The summed E-state index contributed by atoms with van der Waals surface area (Å²) in [5.41, 5.74) is 0.802. The van der Waals surface area contributed by atoms with Crippen LogP contribution in [0.2, 0.25) is 0 Å². The fraction of sp³-hybridized carbons (Fsp3) is 0.688. The van der Waals surface area contributed by atoms with Gasteiger partial charge in [0.2, 0.25) is 0 Å². The van der Waals surface area contributed by atoms with Crippen LogP contribution in [-0.2, 0) is 0 Å². The van der Waals surface area contributed by atoms with Gasteiger partial charge < -0.3 is 20.1 Å². The van der Waals surface area contributed by atoms with Crippen LogP contribution in [0.1, 0.15) is 42.2 Å². The first-order valence-corrected chi connectivity index (χ1v) is 8.11. The maximum absolute atomic E-state index is 12.4. The number of rotatable bonds is 6. The highest BCUT2D eigenvalue weighted by Gasteiger charge is 2.25. The Kier molecular flexibility index (Phi) is 4.60. The first-order valence-electron chi connectivity index (χ1n) is 8.11. The molecule has 0 spiro atoms. The Labute approximate surface area is 126 Å². The zero-order valence-corrected chi connectivity index (χ0v) is 12.8. The van der Waals surface area contributed by atoms with Crippen LogP contribution >= 0.6 is 0 Å². The highest BCUT2D eigenvalue weighted by molar-refractivity contribution is 5.92. The number of carbonyl (C=O) groups is 1. The predicted molar refractivity (Wildman–Crippen MR) is 83.6 cm³/mol. The Morgan fingerprint density at radius 1 is 1.38 bits per heavy atom. The van der Waals surface area contributed by atoms with Gasteiger partial charge in [0.05, 0.1) is 0 Å². The van der Waals surface area contributed by atoms with E-state index < -0.39 is 0 Å². The topological polar surface area (TPSA) is 49.3 Å². The van der Waals surface area contributed by atoms with Gasteiger partial charge >= 0.3 is 0 Å². The van der Waals surface area contributed by atoms with Crippen LogP contribution < -0.4 is 10.6 Å². The van der Waals surface area contributed by atoms with Gasteiger partial charge in [0, 0.05) is 31.4 Å². The highest BCUT2D eigenvalue weighted by Crippen LogP contribution is 2.24. The number of aromatic nitrogens is 1. The zero-order valence-electron chi connectivity index (χ0n) is 12.8. The SMILES string of the molecule is CN(CCNC(=O)c1cccn1C1CCNCC1)C1CC1. The molecule has 2 N–H and O–H groups in total. The third kappa shape index (κ3) is 3.66. The first kappa shape index (κ1) is 14.6. The van der Waals surface area contributed by atoms with E-state index in [1.54, 1.807) is 0 Å². The van der Waals surface area contributed by atoms with Gasteiger partial charge in [0.15, 0.2) is 0 Å². The molecule has 2 fully saturated rings. The van der Waals surface area contributed by atoms with Gasteiger partial charge in [-0.15, -0.1) is 0 Å². The van der Waals surface area contributed by atoms with Crippen LogP contribution in [0.3, 0.4) is 0 Å². The monoisotopic (exact) mass is 290 g/mol. The Morgan fingerprint density at radius 3 is 2.86 bits per heavy atom. The number of carbonyl (C=O) groups excluding carboxylic acids is 1. The fourth-order valence-corrected chi connectivity index (χ4v) is 3.12. The summed E-state index contributed by atoms with van der Waals surface area (Å²) in [6, 6.07) is 5.12. The second-order valence-corrected chi connectivity index (χ2v) is 6.25. The number of amides is 1. The van der Waals surface area contributed by atoms with E-state index in [1.807, 2.05) is 18.3 Å². The van der Waals surface area contributed by atoms with Crippen molar-refractivity contribution < 1.29 is 4.79 Å². The minimum Gasteiger partial charge on any atom is -0.349 e. The molecule has 3 rings (SSSR count). The Morgan fingerprint density at radius 2 is 2.14 bits per heavy atom. The summed E-state index contributed by atoms with van der Waals surface area (Å²) in [6.45, 7) is 3.74. The summed E-state index contributed by atoms with van der Waals surface area (Å²) in [5.74, 6) is 0.0581. The summed E-state index contributed by atoms with van der Waals surface area (Å²) < 4.78 is 2.15. The molecule has 1 amide bonds. The molecule has 0 bridgehead atoms. The van der Waals surface area contributed by atoms with Crippen molar-refractivity contribution >= 4 is 5.91 Å². The second kappa shape index (κ2) is 6.62. The maximum atomic E-state index is 12.4. The van der Waals surface area contributed by atoms with Crippen LogP contribution in [-0.4, -0.2) is 54.6 Å².